The first kappa shape index (κ1) is 14.5. The highest BCUT2D eigenvalue weighted by Crippen LogP contribution is 2.30. The number of benzene rings is 1. The van der Waals surface area contributed by atoms with E-state index < -0.39 is 0 Å². The Morgan fingerprint density at radius 1 is 1.27 bits per heavy atom. The molecule has 1 amide bonds. The summed E-state index contributed by atoms with van der Waals surface area (Å²) < 4.78 is 6.18. The molecule has 0 radical (unpaired) electrons. The van der Waals surface area contributed by atoms with Crippen LogP contribution in [-0.4, -0.2) is 29.8 Å². The number of carbonyl (C=O) groups is 2. The summed E-state index contributed by atoms with van der Waals surface area (Å²) in [6.45, 7) is -0.223. The van der Waals surface area contributed by atoms with Crippen LogP contribution in [0.5, 0.6) is 5.75 Å². The number of fused-ring (bicyclic) bond motifs is 1. The van der Waals surface area contributed by atoms with Crippen LogP contribution in [0, 0.1) is 0 Å². The van der Waals surface area contributed by atoms with Crippen LogP contribution >= 0.6 is 15.9 Å². The summed E-state index contributed by atoms with van der Waals surface area (Å²) in [7, 11) is 0. The van der Waals surface area contributed by atoms with Gasteiger partial charge in [-0.3, -0.25) is 14.5 Å². The highest BCUT2D eigenvalue weighted by molar-refractivity contribution is 9.10. The molecular formula is C15H12BrN3O3. The summed E-state index contributed by atoms with van der Waals surface area (Å²) in [5.74, 6) is 0.478. The fourth-order valence-electron chi connectivity index (χ4n) is 2.13. The number of amides is 1. The van der Waals surface area contributed by atoms with Gasteiger partial charge in [0.2, 0.25) is 0 Å². The number of nitrogen functional groups attached to an aromatic ring is 1. The van der Waals surface area contributed by atoms with Gasteiger partial charge in [0, 0.05) is 10.0 Å². The van der Waals surface area contributed by atoms with Gasteiger partial charge in [0.05, 0.1) is 6.54 Å². The van der Waals surface area contributed by atoms with Crippen molar-refractivity contribution in [2.24, 2.45) is 0 Å². The van der Waals surface area contributed by atoms with Gasteiger partial charge in [-0.25, -0.2) is 4.98 Å². The van der Waals surface area contributed by atoms with E-state index in [1.54, 1.807) is 36.4 Å². The van der Waals surface area contributed by atoms with Crippen LogP contribution in [-0.2, 0) is 4.79 Å². The van der Waals surface area contributed by atoms with Crippen molar-refractivity contribution in [2.45, 2.75) is 0 Å². The quantitative estimate of drug-likeness (QED) is 0.845. The number of aromatic nitrogens is 1. The van der Waals surface area contributed by atoms with E-state index in [4.69, 9.17) is 10.5 Å². The third-order valence-electron chi connectivity index (χ3n) is 3.24. The predicted molar refractivity (Wildman–Crippen MR) is 85.0 cm³/mol. The number of anilines is 2. The lowest BCUT2D eigenvalue weighted by molar-refractivity contribution is -0.121. The van der Waals surface area contributed by atoms with Crippen LogP contribution < -0.4 is 15.4 Å². The van der Waals surface area contributed by atoms with E-state index in [0.717, 1.165) is 4.47 Å². The molecule has 0 bridgehead atoms. The molecule has 1 aliphatic heterocycles. The SMILES string of the molecule is Nc1ccc2c(n1)N(CC(=O)c1ccc(Br)cc1)C(=O)CO2. The summed E-state index contributed by atoms with van der Waals surface area (Å²) in [5, 5.41) is 0. The Hall–Kier alpha value is -2.41. The van der Waals surface area contributed by atoms with Crippen molar-refractivity contribution < 1.29 is 14.3 Å². The van der Waals surface area contributed by atoms with Gasteiger partial charge >= 0.3 is 0 Å². The largest absolute Gasteiger partial charge is 0.480 e. The number of ether oxygens (including phenoxy) is 1. The second kappa shape index (κ2) is 5.76. The standard InChI is InChI=1S/C15H12BrN3O3/c16-10-3-1-9(2-4-10)11(20)7-19-14(21)8-22-12-5-6-13(17)18-15(12)19/h1-6H,7-8H2,(H2,17,18). The molecule has 1 aromatic carbocycles. The highest BCUT2D eigenvalue weighted by Gasteiger charge is 2.29. The molecule has 1 aliphatic rings. The minimum absolute atomic E-state index is 0.104. The number of halogens is 1. The molecule has 1 aromatic heterocycles. The van der Waals surface area contributed by atoms with Crippen LogP contribution in [0.15, 0.2) is 40.9 Å². The second-order valence-corrected chi connectivity index (χ2v) is 5.67. The highest BCUT2D eigenvalue weighted by atomic mass is 79.9. The van der Waals surface area contributed by atoms with Gasteiger partial charge < -0.3 is 10.5 Å². The lowest BCUT2D eigenvalue weighted by atomic mass is 10.1. The number of hydrogen-bond donors (Lipinski definition) is 1. The number of Topliss-reactive ketones (excluding diaryl/α,β-unsaturated/α-hetero) is 1. The molecule has 112 valence electrons. The van der Waals surface area contributed by atoms with Crippen molar-refractivity contribution in [1.82, 2.24) is 4.98 Å². The van der Waals surface area contributed by atoms with Crippen molar-refractivity contribution in [2.75, 3.05) is 23.8 Å². The summed E-state index contributed by atoms with van der Waals surface area (Å²) in [4.78, 5) is 29.8. The lowest BCUT2D eigenvalue weighted by Crippen LogP contribution is -2.42. The van der Waals surface area contributed by atoms with Gasteiger partial charge in [-0.1, -0.05) is 28.1 Å². The van der Waals surface area contributed by atoms with Crippen molar-refractivity contribution >= 4 is 39.3 Å². The third kappa shape index (κ3) is 2.80. The van der Waals surface area contributed by atoms with E-state index in [0.29, 0.717) is 11.3 Å². The molecule has 6 nitrogen and oxygen atoms in total. The van der Waals surface area contributed by atoms with Crippen LogP contribution in [0.2, 0.25) is 0 Å². The lowest BCUT2D eigenvalue weighted by Gasteiger charge is -2.27. The molecule has 22 heavy (non-hydrogen) atoms. The summed E-state index contributed by atoms with van der Waals surface area (Å²) in [6, 6.07) is 10.2. The Morgan fingerprint density at radius 3 is 2.73 bits per heavy atom. The fourth-order valence-corrected chi connectivity index (χ4v) is 2.39. The Kier molecular flexibility index (Phi) is 3.81. The normalized spacial score (nSPS) is 13.5. The average Bonchev–Trinajstić information content (AvgIpc) is 2.51. The first-order valence-electron chi connectivity index (χ1n) is 6.53. The van der Waals surface area contributed by atoms with E-state index in [-0.39, 0.29) is 36.5 Å². The van der Waals surface area contributed by atoms with Gasteiger partial charge in [-0.2, -0.15) is 0 Å². The Morgan fingerprint density at radius 2 is 2.00 bits per heavy atom. The molecule has 2 N–H and O–H groups in total. The van der Waals surface area contributed by atoms with Crippen molar-refractivity contribution in [3.63, 3.8) is 0 Å². The van der Waals surface area contributed by atoms with E-state index in [9.17, 15) is 9.59 Å². The zero-order valence-corrected chi connectivity index (χ0v) is 13.0. The van der Waals surface area contributed by atoms with Gasteiger partial charge in [-0.05, 0) is 24.3 Å². The van der Waals surface area contributed by atoms with Crippen molar-refractivity contribution in [1.29, 1.82) is 0 Å². The van der Waals surface area contributed by atoms with Crippen LogP contribution in [0.3, 0.4) is 0 Å². The summed E-state index contributed by atoms with van der Waals surface area (Å²) >= 11 is 3.32. The molecule has 0 saturated carbocycles. The van der Waals surface area contributed by atoms with Crippen LogP contribution in [0.25, 0.3) is 0 Å². The smallest absolute Gasteiger partial charge is 0.266 e. The Labute approximate surface area is 135 Å². The van der Waals surface area contributed by atoms with Gasteiger partial charge in [0.25, 0.3) is 5.91 Å². The molecule has 0 unspecified atom stereocenters. The number of pyridine rings is 1. The molecule has 7 heteroatoms. The fraction of sp³-hybridized carbons (Fsp3) is 0.133. The Balaban J connectivity index is 1.88. The molecule has 0 saturated heterocycles. The number of hydrogen-bond acceptors (Lipinski definition) is 5. The molecule has 3 rings (SSSR count). The minimum Gasteiger partial charge on any atom is -0.480 e. The summed E-state index contributed by atoms with van der Waals surface area (Å²) in [6.07, 6.45) is 0. The van der Waals surface area contributed by atoms with Crippen molar-refractivity contribution in [3.05, 3.63) is 46.4 Å². The van der Waals surface area contributed by atoms with Gasteiger partial charge in [0.1, 0.15) is 5.82 Å². The maximum Gasteiger partial charge on any atom is 0.266 e. The molecule has 0 fully saturated rings. The number of carbonyl (C=O) groups excluding carboxylic acids is 2. The molecule has 2 aromatic rings. The number of nitrogens with two attached hydrogens (primary N) is 1. The molecule has 0 aliphatic carbocycles. The van der Waals surface area contributed by atoms with E-state index in [1.165, 1.54) is 4.90 Å². The molecule has 0 atom stereocenters. The zero-order valence-electron chi connectivity index (χ0n) is 11.5. The summed E-state index contributed by atoms with van der Waals surface area (Å²) in [5.41, 5.74) is 6.17. The number of rotatable bonds is 3. The minimum atomic E-state index is -0.323. The van der Waals surface area contributed by atoms with E-state index in [2.05, 4.69) is 20.9 Å². The maximum absolute atomic E-state index is 12.4. The first-order chi connectivity index (χ1) is 10.5. The first-order valence-corrected chi connectivity index (χ1v) is 7.32. The number of ketones is 1. The predicted octanol–water partition coefficient (Wildman–Crippen LogP) is 2.03. The molecular weight excluding hydrogens is 350 g/mol. The van der Waals surface area contributed by atoms with Crippen molar-refractivity contribution in [3.8, 4) is 5.75 Å². The van der Waals surface area contributed by atoms with Gasteiger partial charge in [-0.15, -0.1) is 0 Å². The van der Waals surface area contributed by atoms with Gasteiger partial charge in [0.15, 0.2) is 24.0 Å². The monoisotopic (exact) mass is 361 g/mol. The second-order valence-electron chi connectivity index (χ2n) is 4.76. The van der Waals surface area contributed by atoms with E-state index >= 15 is 0 Å². The number of nitrogens with zero attached hydrogens (tertiary/aromatic N) is 2. The maximum atomic E-state index is 12.4. The average molecular weight is 362 g/mol. The van der Waals surface area contributed by atoms with Crippen LogP contribution in [0.4, 0.5) is 11.6 Å². The third-order valence-corrected chi connectivity index (χ3v) is 3.77. The molecule has 2 heterocycles. The van der Waals surface area contributed by atoms with Crippen LogP contribution in [0.1, 0.15) is 10.4 Å². The zero-order chi connectivity index (χ0) is 15.7. The Bertz CT molecular complexity index is 746. The van der Waals surface area contributed by atoms with E-state index in [1.807, 2.05) is 0 Å². The molecule has 0 spiro atoms. The topological polar surface area (TPSA) is 85.5 Å².